The predicted molar refractivity (Wildman–Crippen MR) is 49.6 cm³/mol. The van der Waals surface area contributed by atoms with E-state index in [-0.39, 0.29) is 24.7 Å². The summed E-state index contributed by atoms with van der Waals surface area (Å²) in [5.41, 5.74) is 0. The smallest absolute Gasteiger partial charge is 0.326 e. The molecule has 0 aliphatic heterocycles. The molecule has 0 saturated heterocycles. The molecule has 0 bridgehead atoms. The van der Waals surface area contributed by atoms with Crippen LogP contribution in [0.1, 0.15) is 22.9 Å². The van der Waals surface area contributed by atoms with E-state index in [4.69, 9.17) is 10.2 Å². The second-order valence-electron chi connectivity index (χ2n) is 3.01. The average molecular weight is 229 g/mol. The van der Waals surface area contributed by atoms with Gasteiger partial charge in [0.2, 0.25) is 5.89 Å². The molecule has 1 rings (SSSR count). The Kier molecular flexibility index (Phi) is 3.95. The highest BCUT2D eigenvalue weighted by molar-refractivity contribution is 5.93. The minimum atomic E-state index is -1.23. The van der Waals surface area contributed by atoms with Gasteiger partial charge < -0.3 is 20.1 Å². The van der Waals surface area contributed by atoms with Crippen LogP contribution >= 0.6 is 0 Å². The van der Waals surface area contributed by atoms with Gasteiger partial charge in [0, 0.05) is 20.0 Å². The number of aliphatic carboxylic acids is 1. The van der Waals surface area contributed by atoms with Crippen LogP contribution in [0.3, 0.4) is 0 Å². The molecule has 1 heterocycles. The van der Waals surface area contributed by atoms with Crippen LogP contribution in [0, 0.1) is 6.92 Å². The molecule has 0 aliphatic carbocycles. The summed E-state index contributed by atoms with van der Waals surface area (Å²) in [5, 5.41) is 22.8. The average Bonchev–Trinajstić information content (AvgIpc) is 2.64. The molecule has 0 fully saturated rings. The Bertz CT molecular complexity index is 389. The van der Waals surface area contributed by atoms with E-state index in [1.807, 2.05) is 0 Å². The number of aliphatic hydroxyl groups is 1. The Labute approximate surface area is 90.3 Å². The zero-order valence-electron chi connectivity index (χ0n) is 8.51. The van der Waals surface area contributed by atoms with Gasteiger partial charge in [-0.2, -0.15) is 4.98 Å². The molecular formula is C8H11N3O5. The van der Waals surface area contributed by atoms with Gasteiger partial charge in [-0.25, -0.2) is 4.79 Å². The van der Waals surface area contributed by atoms with Crippen molar-refractivity contribution in [2.75, 3.05) is 6.61 Å². The molecular weight excluding hydrogens is 218 g/mol. The third-order valence-electron chi connectivity index (χ3n) is 1.75. The van der Waals surface area contributed by atoms with Crippen LogP contribution in [-0.2, 0) is 4.79 Å². The van der Waals surface area contributed by atoms with Crippen molar-refractivity contribution in [3.8, 4) is 0 Å². The lowest BCUT2D eigenvalue weighted by molar-refractivity contribution is -0.139. The zero-order valence-corrected chi connectivity index (χ0v) is 8.51. The summed E-state index contributed by atoms with van der Waals surface area (Å²) in [7, 11) is 0. The number of aryl methyl sites for hydroxylation is 1. The maximum Gasteiger partial charge on any atom is 0.326 e. The van der Waals surface area contributed by atoms with E-state index >= 15 is 0 Å². The molecule has 8 heteroatoms. The van der Waals surface area contributed by atoms with Gasteiger partial charge in [0.1, 0.15) is 6.04 Å². The Balaban J connectivity index is 2.65. The molecule has 1 atom stereocenters. The first kappa shape index (κ1) is 12.1. The molecule has 16 heavy (non-hydrogen) atoms. The molecule has 0 saturated carbocycles. The van der Waals surface area contributed by atoms with Gasteiger partial charge in [0.05, 0.1) is 0 Å². The maximum absolute atomic E-state index is 11.4. The number of carbonyl (C=O) groups excluding carboxylic acids is 1. The normalized spacial score (nSPS) is 12.1. The lowest BCUT2D eigenvalue weighted by Crippen LogP contribution is -2.41. The number of nitrogens with zero attached hydrogens (tertiary/aromatic N) is 2. The molecule has 8 nitrogen and oxygen atoms in total. The standard InChI is InChI=1S/C8H11N3O5/c1-4-9-6(11-16-4)7(13)10-5(2-3-12)8(14)15/h5,12H,2-3H2,1H3,(H,10,13)(H,14,15)/t5-/m0/s1. The molecule has 1 aromatic rings. The quantitative estimate of drug-likeness (QED) is 0.587. The van der Waals surface area contributed by atoms with Crippen LogP contribution in [0.4, 0.5) is 0 Å². The van der Waals surface area contributed by atoms with Crippen molar-refractivity contribution in [1.82, 2.24) is 15.5 Å². The van der Waals surface area contributed by atoms with Crippen LogP contribution in [-0.4, -0.2) is 44.9 Å². The SMILES string of the molecule is Cc1nc(C(=O)N[C@@H](CCO)C(=O)O)no1. The van der Waals surface area contributed by atoms with Crippen molar-refractivity contribution < 1.29 is 24.3 Å². The number of carbonyl (C=O) groups is 2. The highest BCUT2D eigenvalue weighted by Gasteiger charge is 2.22. The van der Waals surface area contributed by atoms with Crippen LogP contribution in [0.25, 0.3) is 0 Å². The van der Waals surface area contributed by atoms with Crippen molar-refractivity contribution in [3.05, 3.63) is 11.7 Å². The zero-order chi connectivity index (χ0) is 12.1. The van der Waals surface area contributed by atoms with E-state index in [1.54, 1.807) is 0 Å². The van der Waals surface area contributed by atoms with Gasteiger partial charge in [0.25, 0.3) is 11.7 Å². The molecule has 1 amide bonds. The van der Waals surface area contributed by atoms with Crippen LogP contribution < -0.4 is 5.32 Å². The van der Waals surface area contributed by atoms with Gasteiger partial charge in [-0.15, -0.1) is 0 Å². The van der Waals surface area contributed by atoms with Gasteiger partial charge >= 0.3 is 5.97 Å². The van der Waals surface area contributed by atoms with Crippen molar-refractivity contribution in [3.63, 3.8) is 0 Å². The van der Waals surface area contributed by atoms with Crippen molar-refractivity contribution >= 4 is 11.9 Å². The first-order valence-corrected chi connectivity index (χ1v) is 4.49. The first-order chi connectivity index (χ1) is 7.54. The van der Waals surface area contributed by atoms with Crippen LogP contribution in [0.5, 0.6) is 0 Å². The number of aromatic nitrogens is 2. The predicted octanol–water partition coefficient (Wildman–Crippen LogP) is -1.06. The fraction of sp³-hybridized carbons (Fsp3) is 0.500. The minimum Gasteiger partial charge on any atom is -0.480 e. The number of carboxylic acid groups (broad SMARTS) is 1. The van der Waals surface area contributed by atoms with Crippen molar-refractivity contribution in [1.29, 1.82) is 0 Å². The molecule has 1 aromatic heterocycles. The number of hydrogen-bond donors (Lipinski definition) is 3. The molecule has 0 radical (unpaired) electrons. The monoisotopic (exact) mass is 229 g/mol. The molecule has 0 unspecified atom stereocenters. The summed E-state index contributed by atoms with van der Waals surface area (Å²) in [5.74, 6) is -2.01. The van der Waals surface area contributed by atoms with E-state index in [2.05, 4.69) is 20.0 Å². The number of carboxylic acids is 1. The second kappa shape index (κ2) is 5.21. The summed E-state index contributed by atoms with van der Waals surface area (Å²) in [6, 6.07) is -1.17. The highest BCUT2D eigenvalue weighted by Crippen LogP contribution is 1.97. The Morgan fingerprint density at radius 1 is 1.56 bits per heavy atom. The van der Waals surface area contributed by atoms with Crippen LogP contribution in [0.2, 0.25) is 0 Å². The van der Waals surface area contributed by atoms with E-state index < -0.39 is 17.9 Å². The lowest BCUT2D eigenvalue weighted by atomic mass is 10.2. The molecule has 0 aliphatic rings. The lowest BCUT2D eigenvalue weighted by Gasteiger charge is -2.10. The Morgan fingerprint density at radius 3 is 2.69 bits per heavy atom. The summed E-state index contributed by atoms with van der Waals surface area (Å²) in [4.78, 5) is 25.7. The number of aliphatic hydroxyl groups excluding tert-OH is 1. The summed E-state index contributed by atoms with van der Waals surface area (Å²) in [6.45, 7) is 1.16. The Hall–Kier alpha value is -1.96. The van der Waals surface area contributed by atoms with Gasteiger partial charge in [-0.3, -0.25) is 4.79 Å². The fourth-order valence-corrected chi connectivity index (χ4v) is 1.00. The van der Waals surface area contributed by atoms with E-state index in [9.17, 15) is 9.59 Å². The topological polar surface area (TPSA) is 126 Å². The molecule has 3 N–H and O–H groups in total. The van der Waals surface area contributed by atoms with E-state index in [0.29, 0.717) is 0 Å². The van der Waals surface area contributed by atoms with Crippen LogP contribution in [0.15, 0.2) is 4.52 Å². The summed E-state index contributed by atoms with van der Waals surface area (Å²) >= 11 is 0. The maximum atomic E-state index is 11.4. The summed E-state index contributed by atoms with van der Waals surface area (Å²) in [6.07, 6.45) is -0.0854. The molecule has 88 valence electrons. The number of amides is 1. The van der Waals surface area contributed by atoms with E-state index in [0.717, 1.165) is 0 Å². The minimum absolute atomic E-state index is 0.0854. The van der Waals surface area contributed by atoms with Gasteiger partial charge in [0.15, 0.2) is 0 Å². The second-order valence-corrected chi connectivity index (χ2v) is 3.01. The third-order valence-corrected chi connectivity index (χ3v) is 1.75. The highest BCUT2D eigenvalue weighted by atomic mass is 16.5. The largest absolute Gasteiger partial charge is 0.480 e. The first-order valence-electron chi connectivity index (χ1n) is 4.49. The van der Waals surface area contributed by atoms with Crippen molar-refractivity contribution in [2.24, 2.45) is 0 Å². The fourth-order valence-electron chi connectivity index (χ4n) is 1.00. The number of nitrogens with one attached hydrogen (secondary N) is 1. The van der Waals surface area contributed by atoms with Crippen molar-refractivity contribution in [2.45, 2.75) is 19.4 Å². The number of hydrogen-bond acceptors (Lipinski definition) is 6. The molecule has 0 aromatic carbocycles. The number of rotatable bonds is 5. The van der Waals surface area contributed by atoms with Gasteiger partial charge in [-0.05, 0) is 0 Å². The molecule has 0 spiro atoms. The Morgan fingerprint density at radius 2 is 2.25 bits per heavy atom. The van der Waals surface area contributed by atoms with Gasteiger partial charge in [-0.1, -0.05) is 5.16 Å². The third kappa shape index (κ3) is 3.02. The summed E-state index contributed by atoms with van der Waals surface area (Å²) < 4.78 is 4.57. The van der Waals surface area contributed by atoms with E-state index in [1.165, 1.54) is 6.92 Å².